The number of nitrogens with one attached hydrogen (secondary N) is 1. The minimum absolute atomic E-state index is 0.169. The maximum absolute atomic E-state index is 5.85. The Labute approximate surface area is 127 Å². The van der Waals surface area contributed by atoms with Crippen molar-refractivity contribution in [2.24, 2.45) is 0 Å². The molecule has 3 heteroatoms. The molecule has 2 aromatic rings. The molecule has 0 saturated heterocycles. The molecule has 0 bridgehead atoms. The first-order valence-corrected chi connectivity index (χ1v) is 7.50. The first kappa shape index (κ1) is 15.6. The molecule has 1 heterocycles. The molecule has 114 valence electrons. The summed E-state index contributed by atoms with van der Waals surface area (Å²) in [5, 5.41) is 3.26. The lowest BCUT2D eigenvalue weighted by molar-refractivity contribution is 0.301. The molecule has 1 aromatic heterocycles. The maximum atomic E-state index is 5.85. The summed E-state index contributed by atoms with van der Waals surface area (Å²) in [5.74, 6) is 1.83. The molecule has 2 rings (SSSR count). The highest BCUT2D eigenvalue weighted by atomic mass is 16.5. The lowest BCUT2D eigenvalue weighted by Gasteiger charge is -2.19. The Bertz CT molecular complexity index is 549. The minimum Gasteiger partial charge on any atom is -0.489 e. The summed E-state index contributed by atoms with van der Waals surface area (Å²) >= 11 is 0. The van der Waals surface area contributed by atoms with Gasteiger partial charge in [-0.2, -0.15) is 0 Å². The molecular formula is C18H25NO2. The first-order valence-electron chi connectivity index (χ1n) is 7.50. The van der Waals surface area contributed by atoms with Crippen LogP contribution in [-0.2, 0) is 18.6 Å². The zero-order valence-electron chi connectivity index (χ0n) is 13.4. The Kier molecular flexibility index (Phi) is 5.07. The molecule has 0 aliphatic carbocycles. The molecule has 0 atom stereocenters. The third kappa shape index (κ3) is 4.36. The minimum atomic E-state index is 0.169. The second-order valence-electron chi connectivity index (χ2n) is 6.21. The van der Waals surface area contributed by atoms with Crippen molar-refractivity contribution >= 4 is 0 Å². The molecule has 0 unspecified atom stereocenters. The fraction of sp³-hybridized carbons (Fsp3) is 0.444. The van der Waals surface area contributed by atoms with Crippen molar-refractivity contribution in [3.8, 4) is 5.75 Å². The summed E-state index contributed by atoms with van der Waals surface area (Å²) in [7, 11) is 0. The number of hydrogen-bond donors (Lipinski definition) is 1. The van der Waals surface area contributed by atoms with Crippen LogP contribution in [0.5, 0.6) is 5.75 Å². The highest BCUT2D eigenvalue weighted by molar-refractivity contribution is 5.31. The van der Waals surface area contributed by atoms with Gasteiger partial charge >= 0.3 is 0 Å². The Morgan fingerprint density at radius 1 is 1.10 bits per heavy atom. The van der Waals surface area contributed by atoms with E-state index in [9.17, 15) is 0 Å². The number of hydrogen-bond acceptors (Lipinski definition) is 3. The predicted molar refractivity (Wildman–Crippen MR) is 85.6 cm³/mol. The molecule has 3 nitrogen and oxygen atoms in total. The van der Waals surface area contributed by atoms with Crippen LogP contribution in [0.4, 0.5) is 0 Å². The maximum Gasteiger partial charge on any atom is 0.124 e. The molecule has 1 N–H and O–H groups in total. The van der Waals surface area contributed by atoms with Crippen LogP contribution in [0.3, 0.4) is 0 Å². The van der Waals surface area contributed by atoms with E-state index in [4.69, 9.17) is 9.15 Å². The van der Waals surface area contributed by atoms with Gasteiger partial charge in [0.15, 0.2) is 0 Å². The van der Waals surface area contributed by atoms with E-state index in [1.807, 2.05) is 18.2 Å². The Morgan fingerprint density at radius 2 is 1.81 bits per heavy atom. The van der Waals surface area contributed by atoms with E-state index >= 15 is 0 Å². The van der Waals surface area contributed by atoms with E-state index < -0.39 is 0 Å². The number of ether oxygens (including phenoxy) is 1. The van der Waals surface area contributed by atoms with Gasteiger partial charge in [-0.05, 0) is 35.7 Å². The topological polar surface area (TPSA) is 34.4 Å². The fourth-order valence-electron chi connectivity index (χ4n) is 2.10. The molecule has 0 amide bonds. The Hall–Kier alpha value is -1.74. The van der Waals surface area contributed by atoms with Gasteiger partial charge in [-0.15, -0.1) is 0 Å². The van der Waals surface area contributed by atoms with E-state index in [1.54, 1.807) is 6.26 Å². The van der Waals surface area contributed by atoms with Crippen LogP contribution in [0.15, 0.2) is 41.0 Å². The summed E-state index contributed by atoms with van der Waals surface area (Å²) in [4.78, 5) is 0. The van der Waals surface area contributed by atoms with Crippen molar-refractivity contribution in [2.45, 2.75) is 46.3 Å². The molecular weight excluding hydrogens is 262 g/mol. The number of rotatable bonds is 6. The van der Waals surface area contributed by atoms with Crippen LogP contribution < -0.4 is 10.1 Å². The molecule has 1 aromatic carbocycles. The van der Waals surface area contributed by atoms with Gasteiger partial charge in [0.1, 0.15) is 18.1 Å². The standard InChI is InChI=1S/C18H25NO2/c1-5-19-12-17-14(10-11-20-17)13-21-16-8-6-15(7-9-16)18(2,3)4/h6-11,19H,5,12-13H2,1-4H3. The van der Waals surface area contributed by atoms with Crippen LogP contribution in [0.1, 0.15) is 44.6 Å². The van der Waals surface area contributed by atoms with Crippen molar-refractivity contribution in [3.63, 3.8) is 0 Å². The van der Waals surface area contributed by atoms with E-state index in [0.29, 0.717) is 6.61 Å². The zero-order chi connectivity index (χ0) is 15.3. The summed E-state index contributed by atoms with van der Waals surface area (Å²) in [6, 6.07) is 10.3. The smallest absolute Gasteiger partial charge is 0.124 e. The van der Waals surface area contributed by atoms with Crippen molar-refractivity contribution in [2.75, 3.05) is 6.54 Å². The van der Waals surface area contributed by atoms with E-state index in [-0.39, 0.29) is 5.41 Å². The van der Waals surface area contributed by atoms with Gasteiger partial charge in [0.05, 0.1) is 12.8 Å². The predicted octanol–water partition coefficient (Wildman–Crippen LogP) is 4.27. The molecule has 0 fully saturated rings. The van der Waals surface area contributed by atoms with Crippen LogP contribution in [0.25, 0.3) is 0 Å². The van der Waals surface area contributed by atoms with Crippen molar-refractivity contribution < 1.29 is 9.15 Å². The molecule has 0 radical (unpaired) electrons. The summed E-state index contributed by atoms with van der Waals surface area (Å²) in [6.07, 6.45) is 1.72. The molecule has 0 aliphatic heterocycles. The van der Waals surface area contributed by atoms with Crippen molar-refractivity contribution in [1.82, 2.24) is 5.32 Å². The highest BCUT2D eigenvalue weighted by Gasteiger charge is 2.13. The van der Waals surface area contributed by atoms with Crippen molar-refractivity contribution in [3.05, 3.63) is 53.5 Å². The van der Waals surface area contributed by atoms with Gasteiger partial charge in [-0.25, -0.2) is 0 Å². The van der Waals surface area contributed by atoms with Crippen LogP contribution in [0, 0.1) is 0 Å². The summed E-state index contributed by atoms with van der Waals surface area (Å²) in [5.41, 5.74) is 2.57. The molecule has 0 spiro atoms. The Balaban J connectivity index is 1.95. The van der Waals surface area contributed by atoms with E-state index in [0.717, 1.165) is 30.2 Å². The van der Waals surface area contributed by atoms with Gasteiger partial charge in [-0.1, -0.05) is 39.8 Å². The highest BCUT2D eigenvalue weighted by Crippen LogP contribution is 2.24. The van der Waals surface area contributed by atoms with Gasteiger partial charge in [0, 0.05) is 5.56 Å². The van der Waals surface area contributed by atoms with Crippen LogP contribution in [-0.4, -0.2) is 6.54 Å². The molecule has 21 heavy (non-hydrogen) atoms. The van der Waals surface area contributed by atoms with Crippen LogP contribution >= 0.6 is 0 Å². The van der Waals surface area contributed by atoms with Gasteiger partial charge in [0.2, 0.25) is 0 Å². The summed E-state index contributed by atoms with van der Waals surface area (Å²) < 4.78 is 11.3. The second-order valence-corrected chi connectivity index (χ2v) is 6.21. The van der Waals surface area contributed by atoms with E-state index in [2.05, 4.69) is 45.1 Å². The largest absolute Gasteiger partial charge is 0.489 e. The lowest BCUT2D eigenvalue weighted by atomic mass is 9.87. The third-order valence-corrected chi connectivity index (χ3v) is 3.49. The third-order valence-electron chi connectivity index (χ3n) is 3.49. The second kappa shape index (κ2) is 6.81. The monoisotopic (exact) mass is 287 g/mol. The van der Waals surface area contributed by atoms with E-state index in [1.165, 1.54) is 5.56 Å². The average molecular weight is 287 g/mol. The van der Waals surface area contributed by atoms with Crippen LogP contribution in [0.2, 0.25) is 0 Å². The SMILES string of the molecule is CCNCc1occc1COc1ccc(C(C)(C)C)cc1. The quantitative estimate of drug-likeness (QED) is 0.861. The Morgan fingerprint density at radius 3 is 2.43 bits per heavy atom. The number of furan rings is 1. The first-order chi connectivity index (χ1) is 10.0. The van der Waals surface area contributed by atoms with Gasteiger partial charge in [0.25, 0.3) is 0 Å². The molecule has 0 saturated carbocycles. The summed E-state index contributed by atoms with van der Waals surface area (Å²) in [6.45, 7) is 10.9. The normalized spacial score (nSPS) is 11.6. The van der Waals surface area contributed by atoms with Crippen molar-refractivity contribution in [1.29, 1.82) is 0 Å². The number of benzene rings is 1. The fourth-order valence-corrected chi connectivity index (χ4v) is 2.10. The zero-order valence-corrected chi connectivity index (χ0v) is 13.4. The van der Waals surface area contributed by atoms with Gasteiger partial charge < -0.3 is 14.5 Å². The average Bonchev–Trinajstić information content (AvgIpc) is 2.90. The van der Waals surface area contributed by atoms with Gasteiger partial charge in [-0.3, -0.25) is 0 Å². The lowest BCUT2D eigenvalue weighted by Crippen LogP contribution is -2.13. The molecule has 0 aliphatic rings.